The van der Waals surface area contributed by atoms with Gasteiger partial charge in [-0.2, -0.15) is 13.2 Å². The number of ether oxygens (including phenoxy) is 1. The van der Waals surface area contributed by atoms with Crippen LogP contribution < -0.4 is 5.73 Å². The lowest BCUT2D eigenvalue weighted by Gasteiger charge is -2.24. The van der Waals surface area contributed by atoms with Crippen LogP contribution in [-0.2, 0) is 24.1 Å². The summed E-state index contributed by atoms with van der Waals surface area (Å²) in [5.41, 5.74) is 6.85. The van der Waals surface area contributed by atoms with Crippen molar-refractivity contribution in [3.63, 3.8) is 0 Å². The third-order valence-electron chi connectivity index (χ3n) is 5.88. The van der Waals surface area contributed by atoms with E-state index in [9.17, 15) is 27.9 Å². The molecule has 4 heterocycles. The highest BCUT2D eigenvalue weighted by atomic mass is 32.1. The average Bonchev–Trinajstić information content (AvgIpc) is 3.50. The Labute approximate surface area is 193 Å². The highest BCUT2D eigenvalue weighted by molar-refractivity contribution is 7.12. The van der Waals surface area contributed by atoms with Gasteiger partial charge in [0, 0.05) is 30.1 Å². The van der Waals surface area contributed by atoms with Crippen LogP contribution >= 0.6 is 11.3 Å². The number of rotatable bonds is 4. The minimum atomic E-state index is -4.24. The SMILES string of the molecule is CC[C@@H](N)c1ccc(C(F)(F)F)s1.C[C@H]1CCCN1C(=O)c1cc(C(=O)O)c2n1CCOC2. The van der Waals surface area contributed by atoms with E-state index in [-0.39, 0.29) is 30.2 Å². The molecule has 2 aromatic heterocycles. The third kappa shape index (κ3) is 5.59. The zero-order valence-corrected chi connectivity index (χ0v) is 19.3. The molecule has 2 aliphatic heterocycles. The number of hydrogen-bond donors (Lipinski definition) is 2. The molecule has 0 bridgehead atoms. The Morgan fingerprint density at radius 1 is 1.33 bits per heavy atom. The topological polar surface area (TPSA) is 97.8 Å². The van der Waals surface area contributed by atoms with Crippen LogP contribution in [-0.4, -0.2) is 45.6 Å². The summed E-state index contributed by atoms with van der Waals surface area (Å²) in [5, 5.41) is 9.26. The van der Waals surface area contributed by atoms with Crippen LogP contribution in [0.1, 0.15) is 75.4 Å². The molecule has 1 amide bonds. The van der Waals surface area contributed by atoms with E-state index in [1.165, 1.54) is 12.1 Å². The number of aromatic nitrogens is 1. The van der Waals surface area contributed by atoms with Crippen LogP contribution in [0.25, 0.3) is 0 Å². The fraction of sp³-hybridized carbons (Fsp3) is 0.545. The first kappa shape index (κ1) is 25.3. The van der Waals surface area contributed by atoms with Gasteiger partial charge in [0.25, 0.3) is 5.91 Å². The molecule has 33 heavy (non-hydrogen) atoms. The van der Waals surface area contributed by atoms with Gasteiger partial charge in [0.2, 0.25) is 0 Å². The summed E-state index contributed by atoms with van der Waals surface area (Å²) in [6.07, 6.45) is -1.57. The summed E-state index contributed by atoms with van der Waals surface area (Å²) >= 11 is 0.722. The van der Waals surface area contributed by atoms with Crippen LogP contribution in [0, 0.1) is 0 Å². The summed E-state index contributed by atoms with van der Waals surface area (Å²) in [5.74, 6) is -1.07. The second kappa shape index (κ2) is 10.3. The summed E-state index contributed by atoms with van der Waals surface area (Å²) in [6, 6.07) is 3.97. The molecule has 2 aromatic rings. The Morgan fingerprint density at radius 2 is 2.06 bits per heavy atom. The molecule has 0 spiro atoms. The second-order valence-corrected chi connectivity index (χ2v) is 9.22. The quantitative estimate of drug-likeness (QED) is 0.661. The Balaban J connectivity index is 0.000000205. The fourth-order valence-electron chi connectivity index (χ4n) is 3.97. The standard InChI is InChI=1S/C14H18N2O4.C8H10F3NS/c1-9-3-2-4-15(9)13(17)11-7-10(14(18)19)12-8-20-6-5-16(11)12;1-2-5(12)6-3-4-7(13-6)8(9,10)11/h7,9H,2-6,8H2,1H3,(H,18,19);3-5H,2,12H2,1H3/t9-;5-/m01/s1. The van der Waals surface area contributed by atoms with Gasteiger partial charge >= 0.3 is 12.1 Å². The van der Waals surface area contributed by atoms with Gasteiger partial charge in [-0.3, -0.25) is 4.79 Å². The molecule has 182 valence electrons. The van der Waals surface area contributed by atoms with E-state index >= 15 is 0 Å². The fourth-order valence-corrected chi connectivity index (χ4v) is 4.93. The number of nitrogens with two attached hydrogens (primary N) is 1. The number of amides is 1. The normalized spacial score (nSPS) is 19.0. The van der Waals surface area contributed by atoms with Gasteiger partial charge in [-0.1, -0.05) is 6.92 Å². The van der Waals surface area contributed by atoms with E-state index in [2.05, 4.69) is 0 Å². The molecule has 7 nitrogen and oxygen atoms in total. The first-order valence-corrected chi connectivity index (χ1v) is 11.6. The van der Waals surface area contributed by atoms with Crippen LogP contribution in [0.3, 0.4) is 0 Å². The van der Waals surface area contributed by atoms with Gasteiger partial charge in [0.15, 0.2) is 0 Å². The first-order valence-electron chi connectivity index (χ1n) is 10.8. The second-order valence-electron chi connectivity index (χ2n) is 8.10. The van der Waals surface area contributed by atoms with Crippen molar-refractivity contribution >= 4 is 23.2 Å². The molecular formula is C22H28F3N3O4S. The van der Waals surface area contributed by atoms with Gasteiger partial charge in [-0.05, 0) is 44.4 Å². The molecule has 3 N–H and O–H groups in total. The van der Waals surface area contributed by atoms with Crippen LogP contribution in [0.4, 0.5) is 13.2 Å². The molecule has 2 aliphatic rings. The molecule has 0 aliphatic carbocycles. The molecule has 0 aromatic carbocycles. The number of thiophene rings is 1. The summed E-state index contributed by atoms with van der Waals surface area (Å²) in [7, 11) is 0. The predicted molar refractivity (Wildman–Crippen MR) is 117 cm³/mol. The number of carboxylic acids is 1. The first-order chi connectivity index (χ1) is 15.5. The van der Waals surface area contributed by atoms with Crippen molar-refractivity contribution in [3.05, 3.63) is 44.9 Å². The number of carboxylic acid groups (broad SMARTS) is 1. The number of carbonyl (C=O) groups is 2. The number of hydrogen-bond acceptors (Lipinski definition) is 5. The highest BCUT2D eigenvalue weighted by Crippen LogP contribution is 2.36. The Kier molecular flexibility index (Phi) is 7.86. The average molecular weight is 488 g/mol. The number of aromatic carboxylic acids is 1. The van der Waals surface area contributed by atoms with Crippen LogP contribution in [0.15, 0.2) is 18.2 Å². The number of likely N-dealkylation sites (tertiary alicyclic amines) is 1. The van der Waals surface area contributed by atoms with Crippen molar-refractivity contribution in [3.8, 4) is 0 Å². The van der Waals surface area contributed by atoms with Gasteiger partial charge < -0.3 is 25.0 Å². The monoisotopic (exact) mass is 487 g/mol. The highest BCUT2D eigenvalue weighted by Gasteiger charge is 2.33. The van der Waals surface area contributed by atoms with Crippen LogP contribution in [0.2, 0.25) is 0 Å². The van der Waals surface area contributed by atoms with E-state index in [1.807, 2.05) is 18.7 Å². The molecule has 2 atom stereocenters. The number of nitrogens with zero attached hydrogens (tertiary/aromatic N) is 2. The minimum Gasteiger partial charge on any atom is -0.478 e. The number of fused-ring (bicyclic) bond motifs is 1. The van der Waals surface area contributed by atoms with Gasteiger partial charge in [0.1, 0.15) is 10.6 Å². The third-order valence-corrected chi connectivity index (χ3v) is 7.14. The van der Waals surface area contributed by atoms with E-state index < -0.39 is 17.0 Å². The van der Waals surface area contributed by atoms with Crippen molar-refractivity contribution in [1.29, 1.82) is 0 Å². The maximum absolute atomic E-state index is 12.6. The molecule has 1 fully saturated rings. The predicted octanol–water partition coefficient (Wildman–Crippen LogP) is 4.52. The molecule has 0 radical (unpaired) electrons. The van der Waals surface area contributed by atoms with Crippen molar-refractivity contribution in [2.45, 2.75) is 64.5 Å². The zero-order chi connectivity index (χ0) is 24.3. The molecule has 11 heteroatoms. The van der Waals surface area contributed by atoms with Crippen molar-refractivity contribution in [2.75, 3.05) is 13.2 Å². The molecule has 1 saturated heterocycles. The zero-order valence-electron chi connectivity index (χ0n) is 18.5. The van der Waals surface area contributed by atoms with E-state index in [0.29, 0.717) is 35.8 Å². The van der Waals surface area contributed by atoms with E-state index in [1.54, 1.807) is 4.57 Å². The van der Waals surface area contributed by atoms with E-state index in [0.717, 1.165) is 36.8 Å². The summed E-state index contributed by atoms with van der Waals surface area (Å²) < 4.78 is 43.5. The smallest absolute Gasteiger partial charge is 0.425 e. The van der Waals surface area contributed by atoms with E-state index in [4.69, 9.17) is 10.5 Å². The Morgan fingerprint density at radius 3 is 2.61 bits per heavy atom. The number of halogens is 3. The Bertz CT molecular complexity index is 1000. The van der Waals surface area contributed by atoms with Gasteiger partial charge in [-0.15, -0.1) is 11.3 Å². The van der Waals surface area contributed by atoms with Crippen molar-refractivity contribution < 1.29 is 32.6 Å². The van der Waals surface area contributed by atoms with Gasteiger partial charge in [-0.25, -0.2) is 4.79 Å². The maximum Gasteiger partial charge on any atom is 0.425 e. The van der Waals surface area contributed by atoms with Crippen molar-refractivity contribution in [2.24, 2.45) is 5.73 Å². The molecule has 4 rings (SSSR count). The molecular weight excluding hydrogens is 459 g/mol. The lowest BCUT2D eigenvalue weighted by molar-refractivity contribution is -0.134. The lowest BCUT2D eigenvalue weighted by atomic mass is 10.2. The maximum atomic E-state index is 12.6. The molecule has 0 saturated carbocycles. The van der Waals surface area contributed by atoms with Gasteiger partial charge in [0.05, 0.1) is 24.5 Å². The largest absolute Gasteiger partial charge is 0.478 e. The summed E-state index contributed by atoms with van der Waals surface area (Å²) in [6.45, 7) is 5.93. The Hall–Kier alpha value is -2.37. The summed E-state index contributed by atoms with van der Waals surface area (Å²) in [4.78, 5) is 25.8. The number of alkyl halides is 3. The van der Waals surface area contributed by atoms with Crippen molar-refractivity contribution in [1.82, 2.24) is 9.47 Å². The molecule has 0 unspecified atom stereocenters. The number of carbonyl (C=O) groups excluding carboxylic acids is 1. The minimum absolute atomic E-state index is 0.0642. The lowest BCUT2D eigenvalue weighted by Crippen LogP contribution is -2.35. The van der Waals surface area contributed by atoms with Crippen LogP contribution in [0.5, 0.6) is 0 Å².